The second kappa shape index (κ2) is 7.84. The molecule has 0 atom stereocenters. The summed E-state index contributed by atoms with van der Waals surface area (Å²) in [6.07, 6.45) is 0. The molecule has 0 unspecified atom stereocenters. The van der Waals surface area contributed by atoms with Crippen molar-refractivity contribution in [3.8, 4) is 5.75 Å². The SMILES string of the molecule is COc1ccccc1C(=O)N1CCN(S(=O)(=O)c2ccc(F)c(Cl)c2)CC1. The highest BCUT2D eigenvalue weighted by molar-refractivity contribution is 7.89. The zero-order valence-electron chi connectivity index (χ0n) is 14.6. The monoisotopic (exact) mass is 412 g/mol. The first-order chi connectivity index (χ1) is 12.8. The molecule has 0 aliphatic carbocycles. The highest BCUT2D eigenvalue weighted by atomic mass is 35.5. The van der Waals surface area contributed by atoms with E-state index in [-0.39, 0.29) is 42.0 Å². The number of para-hydroxylation sites is 1. The molecular formula is C18H18ClFN2O4S. The number of hydrogen-bond acceptors (Lipinski definition) is 4. The Morgan fingerprint density at radius 2 is 1.78 bits per heavy atom. The highest BCUT2D eigenvalue weighted by Gasteiger charge is 2.31. The lowest BCUT2D eigenvalue weighted by molar-refractivity contribution is 0.0694. The van der Waals surface area contributed by atoms with Gasteiger partial charge in [-0.15, -0.1) is 0 Å². The number of benzene rings is 2. The maximum atomic E-state index is 13.3. The van der Waals surface area contributed by atoms with Crippen LogP contribution in [0.25, 0.3) is 0 Å². The van der Waals surface area contributed by atoms with E-state index in [4.69, 9.17) is 16.3 Å². The van der Waals surface area contributed by atoms with Crippen molar-refractivity contribution in [1.29, 1.82) is 0 Å². The van der Waals surface area contributed by atoms with Gasteiger partial charge in [-0.1, -0.05) is 23.7 Å². The molecule has 0 N–H and O–H groups in total. The van der Waals surface area contributed by atoms with Gasteiger partial charge in [-0.05, 0) is 30.3 Å². The van der Waals surface area contributed by atoms with Gasteiger partial charge < -0.3 is 9.64 Å². The van der Waals surface area contributed by atoms with Crippen LogP contribution in [-0.4, -0.2) is 56.8 Å². The Bertz CT molecular complexity index is 960. The lowest BCUT2D eigenvalue weighted by Gasteiger charge is -2.34. The number of carbonyl (C=O) groups is 1. The molecule has 3 rings (SSSR count). The van der Waals surface area contributed by atoms with Gasteiger partial charge in [0.25, 0.3) is 5.91 Å². The number of ether oxygens (including phenoxy) is 1. The number of amides is 1. The quantitative estimate of drug-likeness (QED) is 0.774. The molecule has 1 aliphatic heterocycles. The average Bonchev–Trinajstić information content (AvgIpc) is 2.69. The van der Waals surface area contributed by atoms with Crippen LogP contribution in [0.2, 0.25) is 5.02 Å². The van der Waals surface area contributed by atoms with E-state index >= 15 is 0 Å². The van der Waals surface area contributed by atoms with Crippen LogP contribution in [0.1, 0.15) is 10.4 Å². The minimum absolute atomic E-state index is 0.0709. The van der Waals surface area contributed by atoms with E-state index < -0.39 is 15.8 Å². The van der Waals surface area contributed by atoms with Crippen molar-refractivity contribution in [1.82, 2.24) is 9.21 Å². The molecule has 2 aromatic carbocycles. The molecule has 0 aromatic heterocycles. The summed E-state index contributed by atoms with van der Waals surface area (Å²) in [5, 5.41) is -0.249. The fourth-order valence-corrected chi connectivity index (χ4v) is 4.60. The zero-order chi connectivity index (χ0) is 19.6. The number of hydrogen-bond donors (Lipinski definition) is 0. The molecule has 6 nitrogen and oxygen atoms in total. The summed E-state index contributed by atoms with van der Waals surface area (Å²) in [4.78, 5) is 14.2. The van der Waals surface area contributed by atoms with Gasteiger partial charge in [0, 0.05) is 26.2 Å². The first-order valence-corrected chi connectivity index (χ1v) is 10.0. The number of sulfonamides is 1. The van der Waals surface area contributed by atoms with E-state index in [0.29, 0.717) is 11.3 Å². The van der Waals surface area contributed by atoms with Crippen LogP contribution in [0, 0.1) is 5.82 Å². The molecule has 1 fully saturated rings. The van der Waals surface area contributed by atoms with Crippen molar-refractivity contribution >= 4 is 27.5 Å². The maximum Gasteiger partial charge on any atom is 0.257 e. The van der Waals surface area contributed by atoms with Gasteiger partial charge in [-0.25, -0.2) is 12.8 Å². The number of rotatable bonds is 4. The molecule has 9 heteroatoms. The van der Waals surface area contributed by atoms with E-state index in [1.807, 2.05) is 0 Å². The number of nitrogens with zero attached hydrogens (tertiary/aromatic N) is 2. The van der Waals surface area contributed by atoms with Crippen molar-refractivity contribution in [3.05, 3.63) is 58.9 Å². The van der Waals surface area contributed by atoms with Crippen molar-refractivity contribution in [2.75, 3.05) is 33.3 Å². The smallest absolute Gasteiger partial charge is 0.257 e. The van der Waals surface area contributed by atoms with Gasteiger partial charge in [0.15, 0.2) is 0 Å². The number of halogens is 2. The van der Waals surface area contributed by atoms with Crippen molar-refractivity contribution in [2.45, 2.75) is 4.90 Å². The lowest BCUT2D eigenvalue weighted by Crippen LogP contribution is -2.50. The highest BCUT2D eigenvalue weighted by Crippen LogP contribution is 2.24. The fourth-order valence-electron chi connectivity index (χ4n) is 2.91. The number of piperazine rings is 1. The van der Waals surface area contributed by atoms with E-state index in [2.05, 4.69) is 0 Å². The summed E-state index contributed by atoms with van der Waals surface area (Å²) in [6.45, 7) is 0.756. The van der Waals surface area contributed by atoms with Crippen LogP contribution in [0.15, 0.2) is 47.4 Å². The van der Waals surface area contributed by atoms with Gasteiger partial charge in [0.1, 0.15) is 11.6 Å². The third-order valence-electron chi connectivity index (χ3n) is 4.39. The molecular weight excluding hydrogens is 395 g/mol. The fraction of sp³-hybridized carbons (Fsp3) is 0.278. The van der Waals surface area contributed by atoms with Gasteiger partial charge in [-0.3, -0.25) is 4.79 Å². The predicted molar refractivity (Wildman–Crippen MR) is 99.1 cm³/mol. The summed E-state index contributed by atoms with van der Waals surface area (Å²) < 4.78 is 45.2. The van der Waals surface area contributed by atoms with E-state index in [1.165, 1.54) is 17.5 Å². The average molecular weight is 413 g/mol. The molecule has 1 amide bonds. The number of carbonyl (C=O) groups excluding carboxylic acids is 1. The molecule has 1 heterocycles. The Kier molecular flexibility index (Phi) is 5.69. The molecule has 2 aromatic rings. The van der Waals surface area contributed by atoms with Gasteiger partial charge in [-0.2, -0.15) is 4.31 Å². The summed E-state index contributed by atoms with van der Waals surface area (Å²) in [6, 6.07) is 10.2. The predicted octanol–water partition coefficient (Wildman–Crippen LogP) is 2.63. The van der Waals surface area contributed by atoms with E-state index in [0.717, 1.165) is 12.1 Å². The minimum atomic E-state index is -3.81. The summed E-state index contributed by atoms with van der Waals surface area (Å²) in [7, 11) is -2.32. The molecule has 0 radical (unpaired) electrons. The third-order valence-corrected chi connectivity index (χ3v) is 6.58. The molecule has 0 saturated carbocycles. The van der Waals surface area contributed by atoms with Gasteiger partial charge in [0.05, 0.1) is 22.6 Å². The molecule has 144 valence electrons. The third kappa shape index (κ3) is 3.92. The Morgan fingerprint density at radius 1 is 1.11 bits per heavy atom. The first kappa shape index (κ1) is 19.6. The Balaban J connectivity index is 1.73. The van der Waals surface area contributed by atoms with Crippen LogP contribution in [0.5, 0.6) is 5.75 Å². The van der Waals surface area contributed by atoms with E-state index in [1.54, 1.807) is 29.2 Å². The summed E-state index contributed by atoms with van der Waals surface area (Å²) in [5.41, 5.74) is 0.432. The topological polar surface area (TPSA) is 66.9 Å². The number of methoxy groups -OCH3 is 1. The summed E-state index contributed by atoms with van der Waals surface area (Å²) >= 11 is 5.70. The Labute approximate surface area is 162 Å². The maximum absolute atomic E-state index is 13.3. The van der Waals surface area contributed by atoms with E-state index in [9.17, 15) is 17.6 Å². The minimum Gasteiger partial charge on any atom is -0.496 e. The van der Waals surface area contributed by atoms with Crippen LogP contribution in [0.4, 0.5) is 4.39 Å². The van der Waals surface area contributed by atoms with Crippen LogP contribution < -0.4 is 4.74 Å². The Hall–Kier alpha value is -2.16. The molecule has 1 saturated heterocycles. The Morgan fingerprint density at radius 3 is 2.41 bits per heavy atom. The van der Waals surface area contributed by atoms with Crippen LogP contribution >= 0.6 is 11.6 Å². The van der Waals surface area contributed by atoms with Gasteiger partial charge in [0.2, 0.25) is 10.0 Å². The van der Waals surface area contributed by atoms with Crippen molar-refractivity contribution < 1.29 is 22.3 Å². The van der Waals surface area contributed by atoms with Crippen molar-refractivity contribution in [2.24, 2.45) is 0 Å². The normalized spacial score (nSPS) is 15.6. The molecule has 1 aliphatic rings. The first-order valence-electron chi connectivity index (χ1n) is 8.22. The molecule has 0 spiro atoms. The second-order valence-corrected chi connectivity index (χ2v) is 8.32. The van der Waals surface area contributed by atoms with Crippen LogP contribution in [-0.2, 0) is 10.0 Å². The lowest BCUT2D eigenvalue weighted by atomic mass is 10.1. The van der Waals surface area contributed by atoms with Crippen molar-refractivity contribution in [3.63, 3.8) is 0 Å². The molecule has 27 heavy (non-hydrogen) atoms. The standard InChI is InChI=1S/C18H18ClFN2O4S/c1-26-17-5-3-2-4-14(17)18(23)21-8-10-22(11-9-21)27(24,25)13-6-7-16(20)15(19)12-13/h2-7,12H,8-11H2,1H3. The largest absolute Gasteiger partial charge is 0.496 e. The zero-order valence-corrected chi connectivity index (χ0v) is 16.1. The van der Waals surface area contributed by atoms with Crippen LogP contribution in [0.3, 0.4) is 0 Å². The second-order valence-electron chi connectivity index (χ2n) is 5.97. The van der Waals surface area contributed by atoms with Gasteiger partial charge >= 0.3 is 0 Å². The molecule has 0 bridgehead atoms. The summed E-state index contributed by atoms with van der Waals surface area (Å²) in [5.74, 6) is -0.421.